The average Bonchev–Trinajstić information content (AvgIpc) is 3.43. The summed E-state index contributed by atoms with van der Waals surface area (Å²) in [7, 11) is 0. The molecule has 0 aromatic rings. The van der Waals surface area contributed by atoms with Crippen molar-refractivity contribution in [1.82, 2.24) is 0 Å². The summed E-state index contributed by atoms with van der Waals surface area (Å²) >= 11 is 0. The van der Waals surface area contributed by atoms with Gasteiger partial charge in [0.05, 0.1) is 0 Å². The first-order valence-corrected chi connectivity index (χ1v) is 35.7. The maximum Gasteiger partial charge on any atom is 0.306 e. The molecule has 0 aromatic heterocycles. The molecule has 0 aliphatic carbocycles. The molecular weight excluding hydrogens is 961 g/mol. The Bertz CT molecular complexity index is 1220. The van der Waals surface area contributed by atoms with Gasteiger partial charge in [0, 0.05) is 19.3 Å². The van der Waals surface area contributed by atoms with Gasteiger partial charge in [-0.3, -0.25) is 14.4 Å². The topological polar surface area (TPSA) is 78.9 Å². The van der Waals surface area contributed by atoms with Crippen molar-refractivity contribution >= 4 is 17.9 Å². The lowest BCUT2D eigenvalue weighted by molar-refractivity contribution is -0.167. The highest BCUT2D eigenvalue weighted by Gasteiger charge is 2.20. The lowest BCUT2D eigenvalue weighted by Gasteiger charge is -2.18. The van der Waals surface area contributed by atoms with Gasteiger partial charge >= 0.3 is 17.9 Å². The van der Waals surface area contributed by atoms with Gasteiger partial charge in [-0.15, -0.1) is 0 Å². The van der Waals surface area contributed by atoms with Gasteiger partial charge in [-0.2, -0.15) is 0 Å². The van der Waals surface area contributed by atoms with E-state index >= 15 is 0 Å². The number of rotatable bonds is 65. The summed E-state index contributed by atoms with van der Waals surface area (Å²) in [5.74, 6) is 1.83. The summed E-state index contributed by atoms with van der Waals surface area (Å²) in [5, 5.41) is 0. The van der Waals surface area contributed by atoms with Gasteiger partial charge in [0.15, 0.2) is 6.10 Å². The highest BCUT2D eigenvalue weighted by Crippen LogP contribution is 2.21. The Morgan fingerprint density at radius 2 is 0.449 bits per heavy atom. The highest BCUT2D eigenvalue weighted by atomic mass is 16.6. The van der Waals surface area contributed by atoms with Crippen LogP contribution in [-0.4, -0.2) is 37.2 Å². The first-order valence-electron chi connectivity index (χ1n) is 35.7. The molecule has 0 rings (SSSR count). The maximum atomic E-state index is 13.0. The second-order valence-electron chi connectivity index (χ2n) is 25.8. The van der Waals surface area contributed by atoms with E-state index in [1.807, 2.05) is 0 Å². The highest BCUT2D eigenvalue weighted by molar-refractivity contribution is 5.71. The fraction of sp³-hybridized carbons (Fsp3) is 0.958. The van der Waals surface area contributed by atoms with Gasteiger partial charge in [-0.1, -0.05) is 369 Å². The SMILES string of the molecule is CCC(C)CCCCCCCCCCCCCCCCCCCCC(=O)OC[C@@H](COC(=O)CCCCCCCCCCCCCCCC(C)C)OC(=O)CCCCCCCCCCCCCCCCCCCCC(C)CC. The molecule has 3 atom stereocenters. The van der Waals surface area contributed by atoms with E-state index in [-0.39, 0.29) is 31.1 Å². The summed E-state index contributed by atoms with van der Waals surface area (Å²) in [6.45, 7) is 13.9. The van der Waals surface area contributed by atoms with E-state index in [1.54, 1.807) is 0 Å². The van der Waals surface area contributed by atoms with Crippen LogP contribution in [-0.2, 0) is 28.6 Å². The number of esters is 3. The predicted molar refractivity (Wildman–Crippen MR) is 339 cm³/mol. The Morgan fingerprint density at radius 3 is 0.667 bits per heavy atom. The molecule has 0 saturated carbocycles. The van der Waals surface area contributed by atoms with Crippen LogP contribution in [0.2, 0.25) is 0 Å². The van der Waals surface area contributed by atoms with Crippen molar-refractivity contribution in [3.63, 3.8) is 0 Å². The average molecular weight is 1100 g/mol. The molecule has 464 valence electrons. The molecule has 0 aromatic carbocycles. The number of carbonyl (C=O) groups is 3. The molecule has 0 saturated heterocycles. The lowest BCUT2D eigenvalue weighted by Crippen LogP contribution is -2.30. The van der Waals surface area contributed by atoms with Gasteiger partial charge in [-0.25, -0.2) is 0 Å². The maximum absolute atomic E-state index is 13.0. The Balaban J connectivity index is 4.27. The Hall–Kier alpha value is -1.59. The minimum atomic E-state index is -0.765. The first-order chi connectivity index (χ1) is 38.2. The molecular formula is C72H140O6. The number of ether oxygens (including phenoxy) is 3. The monoisotopic (exact) mass is 1100 g/mol. The third-order valence-corrected chi connectivity index (χ3v) is 17.4. The van der Waals surface area contributed by atoms with E-state index in [4.69, 9.17) is 14.2 Å². The van der Waals surface area contributed by atoms with Crippen LogP contribution in [0, 0.1) is 17.8 Å². The molecule has 0 bridgehead atoms. The van der Waals surface area contributed by atoms with Gasteiger partial charge < -0.3 is 14.2 Å². The van der Waals surface area contributed by atoms with Crippen LogP contribution < -0.4 is 0 Å². The van der Waals surface area contributed by atoms with Crippen LogP contribution in [0.25, 0.3) is 0 Å². The summed E-state index contributed by atoms with van der Waals surface area (Å²) < 4.78 is 17.0. The van der Waals surface area contributed by atoms with Crippen molar-refractivity contribution in [2.45, 2.75) is 414 Å². The molecule has 6 nitrogen and oxygen atoms in total. The van der Waals surface area contributed by atoms with E-state index in [0.29, 0.717) is 19.3 Å². The molecule has 0 spiro atoms. The molecule has 0 radical (unpaired) electrons. The third-order valence-electron chi connectivity index (χ3n) is 17.4. The number of unbranched alkanes of at least 4 members (excludes halogenated alkanes) is 46. The van der Waals surface area contributed by atoms with Crippen LogP contribution in [0.15, 0.2) is 0 Å². The van der Waals surface area contributed by atoms with E-state index in [0.717, 1.165) is 75.5 Å². The van der Waals surface area contributed by atoms with Crippen molar-refractivity contribution in [2.75, 3.05) is 13.2 Å². The van der Waals surface area contributed by atoms with Gasteiger partial charge in [0.25, 0.3) is 0 Å². The van der Waals surface area contributed by atoms with E-state index in [1.165, 1.54) is 289 Å². The van der Waals surface area contributed by atoms with Gasteiger partial charge in [0.1, 0.15) is 13.2 Å². The second kappa shape index (κ2) is 63.0. The van der Waals surface area contributed by atoms with E-state index in [9.17, 15) is 14.4 Å². The molecule has 0 aliphatic rings. The van der Waals surface area contributed by atoms with E-state index < -0.39 is 6.10 Å². The molecule has 0 aliphatic heterocycles. The summed E-state index contributed by atoms with van der Waals surface area (Å²) in [4.78, 5) is 38.5. The minimum Gasteiger partial charge on any atom is -0.462 e. The summed E-state index contributed by atoms with van der Waals surface area (Å²) in [6.07, 6.45) is 71.1. The predicted octanol–water partition coefficient (Wildman–Crippen LogP) is 24.2. The first kappa shape index (κ1) is 76.4. The summed E-state index contributed by atoms with van der Waals surface area (Å²) in [5.41, 5.74) is 0. The number of carbonyl (C=O) groups excluding carboxylic acids is 3. The molecule has 6 heteroatoms. The molecule has 2 unspecified atom stereocenters. The summed E-state index contributed by atoms with van der Waals surface area (Å²) in [6, 6.07) is 0. The Labute approximate surface area is 488 Å². The van der Waals surface area contributed by atoms with Crippen molar-refractivity contribution < 1.29 is 28.6 Å². The van der Waals surface area contributed by atoms with Crippen molar-refractivity contribution in [2.24, 2.45) is 17.8 Å². The molecule has 0 amide bonds. The van der Waals surface area contributed by atoms with Crippen LogP contribution in [0.3, 0.4) is 0 Å². The fourth-order valence-corrected chi connectivity index (χ4v) is 11.2. The van der Waals surface area contributed by atoms with E-state index in [2.05, 4.69) is 41.5 Å². The third kappa shape index (κ3) is 62.0. The molecule has 0 N–H and O–H groups in total. The van der Waals surface area contributed by atoms with Crippen LogP contribution >= 0.6 is 0 Å². The van der Waals surface area contributed by atoms with Crippen molar-refractivity contribution in [1.29, 1.82) is 0 Å². The minimum absolute atomic E-state index is 0.0618. The van der Waals surface area contributed by atoms with Crippen molar-refractivity contribution in [3.05, 3.63) is 0 Å². The fourth-order valence-electron chi connectivity index (χ4n) is 11.2. The van der Waals surface area contributed by atoms with Gasteiger partial charge in [0.2, 0.25) is 0 Å². The zero-order valence-electron chi connectivity index (χ0n) is 54.0. The van der Waals surface area contributed by atoms with Crippen LogP contribution in [0.1, 0.15) is 408 Å². The number of hydrogen-bond donors (Lipinski definition) is 0. The quantitative estimate of drug-likeness (QED) is 0.0343. The Morgan fingerprint density at radius 1 is 0.256 bits per heavy atom. The zero-order valence-corrected chi connectivity index (χ0v) is 54.0. The number of hydrogen-bond acceptors (Lipinski definition) is 6. The second-order valence-corrected chi connectivity index (χ2v) is 25.8. The zero-order chi connectivity index (χ0) is 56.9. The molecule has 78 heavy (non-hydrogen) atoms. The molecule has 0 fully saturated rings. The van der Waals surface area contributed by atoms with Gasteiger partial charge in [-0.05, 0) is 37.0 Å². The largest absolute Gasteiger partial charge is 0.462 e. The van der Waals surface area contributed by atoms with Crippen LogP contribution in [0.5, 0.6) is 0 Å². The molecule has 0 heterocycles. The lowest BCUT2D eigenvalue weighted by atomic mass is 9.99. The Kier molecular flexibility index (Phi) is 61.7. The normalized spacial score (nSPS) is 12.8. The smallest absolute Gasteiger partial charge is 0.306 e. The van der Waals surface area contributed by atoms with Crippen molar-refractivity contribution in [3.8, 4) is 0 Å². The van der Waals surface area contributed by atoms with Crippen LogP contribution in [0.4, 0.5) is 0 Å². The standard InChI is InChI=1S/C72H140O6/c1-7-67(5)59-53-47-41-35-29-23-17-13-9-11-15-19-25-31-37-43-49-55-61-70(73)76-64-69(65-77-71(74)62-56-50-44-38-32-27-21-22-28-34-40-46-52-58-66(3)4)78-72(75)63-57-51-45-39-33-26-20-16-12-10-14-18-24-30-36-42-48-54-60-68(6)8-2/h66-69H,7-65H2,1-6H3/t67?,68?,69-/m0/s1.